The largest absolute Gasteiger partial charge is 0.507 e. The van der Waals surface area contributed by atoms with Crippen LogP contribution in [-0.2, 0) is 0 Å². The van der Waals surface area contributed by atoms with Crippen LogP contribution in [0.5, 0.6) is 23.0 Å². The fourth-order valence-corrected chi connectivity index (χ4v) is 2.23. The molecular formula is C16H12O6. The normalized spacial score (nSPS) is 10.8. The van der Waals surface area contributed by atoms with Crippen LogP contribution in [0, 0.1) is 0 Å². The molecule has 0 saturated carbocycles. The van der Waals surface area contributed by atoms with Gasteiger partial charge in [0.15, 0.2) is 5.76 Å². The van der Waals surface area contributed by atoms with Gasteiger partial charge in [0.1, 0.15) is 28.2 Å². The Labute approximate surface area is 124 Å². The molecule has 3 N–H and O–H groups in total. The lowest BCUT2D eigenvalue weighted by Crippen LogP contribution is -2.03. The summed E-state index contributed by atoms with van der Waals surface area (Å²) in [6.07, 6.45) is 0. The third-order valence-electron chi connectivity index (χ3n) is 3.31. The van der Waals surface area contributed by atoms with Gasteiger partial charge >= 0.3 is 0 Å². The lowest BCUT2D eigenvalue weighted by molar-refractivity contribution is 0.406. The van der Waals surface area contributed by atoms with Crippen molar-refractivity contribution >= 4 is 11.0 Å². The summed E-state index contributed by atoms with van der Waals surface area (Å²) in [7, 11) is 1.41. The monoisotopic (exact) mass is 300 g/mol. The molecular weight excluding hydrogens is 288 g/mol. The van der Waals surface area contributed by atoms with Gasteiger partial charge in [-0.1, -0.05) is 12.1 Å². The second kappa shape index (κ2) is 5.00. The zero-order chi connectivity index (χ0) is 15.9. The number of phenolic OH excluding ortho intramolecular Hbond substituents is 2. The summed E-state index contributed by atoms with van der Waals surface area (Å²) >= 11 is 0. The standard InChI is InChI=1S/C16H12O6/c1-21-8-6-11(18)13-12(7-8)22-16(15(20)14(13)19)9-4-2-3-5-10(9)17/h2-7,17-18,20H,1H3. The van der Waals surface area contributed by atoms with E-state index in [0.717, 1.165) is 0 Å². The second-order valence-electron chi connectivity index (χ2n) is 4.65. The predicted molar refractivity (Wildman–Crippen MR) is 79.5 cm³/mol. The van der Waals surface area contributed by atoms with Gasteiger partial charge in [-0.05, 0) is 12.1 Å². The summed E-state index contributed by atoms with van der Waals surface area (Å²) in [5, 5.41) is 29.7. The van der Waals surface area contributed by atoms with Crippen LogP contribution >= 0.6 is 0 Å². The first-order valence-corrected chi connectivity index (χ1v) is 6.38. The van der Waals surface area contributed by atoms with E-state index in [0.29, 0.717) is 5.75 Å². The van der Waals surface area contributed by atoms with Gasteiger partial charge in [-0.25, -0.2) is 0 Å². The number of ether oxygens (including phenoxy) is 1. The van der Waals surface area contributed by atoms with Crippen molar-refractivity contribution in [3.63, 3.8) is 0 Å². The average molecular weight is 300 g/mol. The van der Waals surface area contributed by atoms with Crippen LogP contribution in [0.2, 0.25) is 0 Å². The SMILES string of the molecule is COc1cc(O)c2c(=O)c(O)c(-c3ccccc3O)oc2c1. The number of hydrogen-bond acceptors (Lipinski definition) is 6. The molecule has 3 aromatic rings. The Hall–Kier alpha value is -3.15. The van der Waals surface area contributed by atoms with E-state index in [-0.39, 0.29) is 33.8 Å². The number of hydrogen-bond donors (Lipinski definition) is 3. The van der Waals surface area contributed by atoms with Crippen LogP contribution < -0.4 is 10.2 Å². The average Bonchev–Trinajstić information content (AvgIpc) is 2.51. The third kappa shape index (κ3) is 2.01. The maximum absolute atomic E-state index is 12.3. The molecule has 0 amide bonds. The summed E-state index contributed by atoms with van der Waals surface area (Å²) in [6, 6.07) is 8.80. The van der Waals surface area contributed by atoms with E-state index in [9.17, 15) is 20.1 Å². The molecule has 1 heterocycles. The third-order valence-corrected chi connectivity index (χ3v) is 3.31. The van der Waals surface area contributed by atoms with Gasteiger partial charge in [0, 0.05) is 12.1 Å². The van der Waals surface area contributed by atoms with Crippen molar-refractivity contribution in [1.82, 2.24) is 0 Å². The van der Waals surface area contributed by atoms with Gasteiger partial charge in [-0.3, -0.25) is 4.79 Å². The first kappa shape index (κ1) is 13.8. The highest BCUT2D eigenvalue weighted by molar-refractivity contribution is 5.88. The maximum atomic E-state index is 12.3. The molecule has 0 unspecified atom stereocenters. The maximum Gasteiger partial charge on any atom is 0.238 e. The van der Waals surface area contributed by atoms with Gasteiger partial charge < -0.3 is 24.5 Å². The number of fused-ring (bicyclic) bond motifs is 1. The Balaban J connectivity index is 2.41. The number of phenols is 2. The van der Waals surface area contributed by atoms with E-state index < -0.39 is 11.2 Å². The number of aromatic hydroxyl groups is 3. The highest BCUT2D eigenvalue weighted by atomic mass is 16.5. The van der Waals surface area contributed by atoms with E-state index in [1.54, 1.807) is 12.1 Å². The minimum atomic E-state index is -0.792. The molecule has 0 aliphatic carbocycles. The van der Waals surface area contributed by atoms with Crippen LogP contribution in [0.4, 0.5) is 0 Å². The van der Waals surface area contributed by atoms with Gasteiger partial charge in [0.25, 0.3) is 0 Å². The Kier molecular flexibility index (Phi) is 3.14. The number of rotatable bonds is 2. The minimum Gasteiger partial charge on any atom is -0.507 e. The van der Waals surface area contributed by atoms with E-state index in [1.807, 2.05) is 0 Å². The zero-order valence-corrected chi connectivity index (χ0v) is 11.5. The van der Waals surface area contributed by atoms with Crippen molar-refractivity contribution in [3.05, 3.63) is 46.6 Å². The highest BCUT2D eigenvalue weighted by Crippen LogP contribution is 2.38. The quantitative estimate of drug-likeness (QED) is 0.672. The van der Waals surface area contributed by atoms with Crippen LogP contribution in [0.1, 0.15) is 0 Å². The molecule has 0 atom stereocenters. The van der Waals surface area contributed by atoms with Gasteiger partial charge in [0.2, 0.25) is 11.2 Å². The van der Waals surface area contributed by atoms with Crippen LogP contribution in [0.15, 0.2) is 45.6 Å². The zero-order valence-electron chi connectivity index (χ0n) is 11.5. The Morgan fingerprint density at radius 3 is 2.45 bits per heavy atom. The topological polar surface area (TPSA) is 100 Å². The van der Waals surface area contributed by atoms with E-state index >= 15 is 0 Å². The molecule has 0 fully saturated rings. The van der Waals surface area contributed by atoms with Crippen LogP contribution in [-0.4, -0.2) is 22.4 Å². The number of methoxy groups -OCH3 is 1. The smallest absolute Gasteiger partial charge is 0.238 e. The highest BCUT2D eigenvalue weighted by Gasteiger charge is 2.20. The molecule has 0 radical (unpaired) electrons. The minimum absolute atomic E-state index is 0.0397. The molecule has 6 heteroatoms. The molecule has 0 aliphatic heterocycles. The van der Waals surface area contributed by atoms with Crippen molar-refractivity contribution in [2.75, 3.05) is 7.11 Å². The fraction of sp³-hybridized carbons (Fsp3) is 0.0625. The van der Waals surface area contributed by atoms with Crippen LogP contribution in [0.3, 0.4) is 0 Å². The molecule has 6 nitrogen and oxygen atoms in total. The van der Waals surface area contributed by atoms with Crippen molar-refractivity contribution in [2.24, 2.45) is 0 Å². The van der Waals surface area contributed by atoms with Crippen molar-refractivity contribution in [2.45, 2.75) is 0 Å². The molecule has 0 saturated heterocycles. The lowest BCUT2D eigenvalue weighted by atomic mass is 10.1. The first-order valence-electron chi connectivity index (χ1n) is 6.38. The second-order valence-corrected chi connectivity index (χ2v) is 4.65. The number of para-hydroxylation sites is 1. The first-order chi connectivity index (χ1) is 10.5. The van der Waals surface area contributed by atoms with Crippen molar-refractivity contribution in [1.29, 1.82) is 0 Å². The Morgan fingerprint density at radius 2 is 1.77 bits per heavy atom. The van der Waals surface area contributed by atoms with Crippen molar-refractivity contribution in [3.8, 4) is 34.3 Å². The summed E-state index contributed by atoms with van der Waals surface area (Å²) in [4.78, 5) is 12.3. The van der Waals surface area contributed by atoms with Gasteiger partial charge in [-0.15, -0.1) is 0 Å². The Bertz CT molecular complexity index is 926. The summed E-state index contributed by atoms with van der Waals surface area (Å²) in [6.45, 7) is 0. The molecule has 1 aromatic heterocycles. The summed E-state index contributed by atoms with van der Waals surface area (Å²) in [5.74, 6) is -1.07. The van der Waals surface area contributed by atoms with Crippen molar-refractivity contribution < 1.29 is 24.5 Å². The molecule has 0 spiro atoms. The molecule has 22 heavy (non-hydrogen) atoms. The van der Waals surface area contributed by atoms with E-state index in [1.165, 1.54) is 31.4 Å². The lowest BCUT2D eigenvalue weighted by Gasteiger charge is -2.09. The summed E-state index contributed by atoms with van der Waals surface area (Å²) in [5.41, 5.74) is -0.584. The summed E-state index contributed by atoms with van der Waals surface area (Å²) < 4.78 is 10.5. The van der Waals surface area contributed by atoms with Gasteiger partial charge in [-0.2, -0.15) is 0 Å². The van der Waals surface area contributed by atoms with E-state index in [4.69, 9.17) is 9.15 Å². The van der Waals surface area contributed by atoms with E-state index in [2.05, 4.69) is 0 Å². The molecule has 0 aliphatic rings. The molecule has 112 valence electrons. The fourth-order valence-electron chi connectivity index (χ4n) is 2.23. The molecule has 3 rings (SSSR count). The number of benzene rings is 2. The predicted octanol–water partition coefficient (Wildman–Crippen LogP) is 2.59. The van der Waals surface area contributed by atoms with Crippen LogP contribution in [0.25, 0.3) is 22.3 Å². The Morgan fingerprint density at radius 1 is 1.05 bits per heavy atom. The van der Waals surface area contributed by atoms with Gasteiger partial charge in [0.05, 0.1) is 12.7 Å². The molecule has 2 aromatic carbocycles. The molecule has 0 bridgehead atoms.